The van der Waals surface area contributed by atoms with Gasteiger partial charge >= 0.3 is 5.97 Å². The van der Waals surface area contributed by atoms with Crippen LogP contribution in [0.5, 0.6) is 5.75 Å². The number of esters is 1. The van der Waals surface area contributed by atoms with Gasteiger partial charge in [0.25, 0.3) is 0 Å². The first kappa shape index (κ1) is 17.6. The number of carbonyl (C=O) groups is 1. The van der Waals surface area contributed by atoms with Crippen molar-refractivity contribution in [2.45, 2.75) is 12.5 Å². The Morgan fingerprint density at radius 1 is 1.08 bits per heavy atom. The fourth-order valence-electron chi connectivity index (χ4n) is 3.76. The van der Waals surface area contributed by atoms with Gasteiger partial charge in [0.05, 0.1) is 6.61 Å². The van der Waals surface area contributed by atoms with E-state index in [1.165, 1.54) is 0 Å². The SMILES string of the molecule is O=C1OCCC1N1CCN(CCOc2ccc(Cl)c3ccccc23)CC1. The maximum atomic E-state index is 11.7. The summed E-state index contributed by atoms with van der Waals surface area (Å²) in [4.78, 5) is 16.3. The van der Waals surface area contributed by atoms with E-state index in [0.29, 0.717) is 13.2 Å². The van der Waals surface area contributed by atoms with Crippen LogP contribution in [0.2, 0.25) is 5.02 Å². The topological polar surface area (TPSA) is 42.0 Å². The second-order valence-electron chi connectivity index (χ2n) is 6.79. The molecule has 4 rings (SSSR count). The Kier molecular flexibility index (Phi) is 5.29. The van der Waals surface area contributed by atoms with Crippen LogP contribution in [0.3, 0.4) is 0 Å². The van der Waals surface area contributed by atoms with Crippen molar-refractivity contribution in [2.75, 3.05) is 45.9 Å². The molecule has 6 heteroatoms. The monoisotopic (exact) mass is 374 g/mol. The fourth-order valence-corrected chi connectivity index (χ4v) is 3.99. The molecule has 5 nitrogen and oxygen atoms in total. The number of fused-ring (bicyclic) bond motifs is 1. The van der Waals surface area contributed by atoms with E-state index in [0.717, 1.165) is 60.7 Å². The average Bonchev–Trinajstić information content (AvgIpc) is 3.10. The summed E-state index contributed by atoms with van der Waals surface area (Å²) in [6.45, 7) is 5.79. The van der Waals surface area contributed by atoms with E-state index in [-0.39, 0.29) is 12.0 Å². The van der Waals surface area contributed by atoms with Crippen LogP contribution in [0.4, 0.5) is 0 Å². The minimum Gasteiger partial charge on any atom is -0.492 e. The van der Waals surface area contributed by atoms with Gasteiger partial charge in [-0.05, 0) is 12.1 Å². The summed E-state index contributed by atoms with van der Waals surface area (Å²) in [5, 5.41) is 2.81. The molecule has 26 heavy (non-hydrogen) atoms. The summed E-state index contributed by atoms with van der Waals surface area (Å²) in [7, 11) is 0. The van der Waals surface area contributed by atoms with Crippen LogP contribution in [-0.2, 0) is 9.53 Å². The van der Waals surface area contributed by atoms with Crippen LogP contribution >= 0.6 is 11.6 Å². The molecule has 2 fully saturated rings. The molecule has 2 aromatic carbocycles. The maximum absolute atomic E-state index is 11.7. The number of cyclic esters (lactones) is 1. The number of carbonyl (C=O) groups excluding carboxylic acids is 1. The zero-order valence-electron chi connectivity index (χ0n) is 14.7. The molecule has 2 saturated heterocycles. The highest BCUT2D eigenvalue weighted by Crippen LogP contribution is 2.31. The second kappa shape index (κ2) is 7.82. The van der Waals surface area contributed by atoms with Crippen LogP contribution in [0.1, 0.15) is 6.42 Å². The van der Waals surface area contributed by atoms with Gasteiger partial charge in [-0.25, -0.2) is 0 Å². The van der Waals surface area contributed by atoms with Gasteiger partial charge < -0.3 is 9.47 Å². The lowest BCUT2D eigenvalue weighted by atomic mass is 10.1. The highest BCUT2D eigenvalue weighted by atomic mass is 35.5. The van der Waals surface area contributed by atoms with Crippen molar-refractivity contribution in [2.24, 2.45) is 0 Å². The number of piperazine rings is 1. The van der Waals surface area contributed by atoms with Gasteiger partial charge in [0, 0.05) is 54.9 Å². The largest absolute Gasteiger partial charge is 0.492 e. The Morgan fingerprint density at radius 2 is 1.85 bits per heavy atom. The average molecular weight is 375 g/mol. The van der Waals surface area contributed by atoms with E-state index >= 15 is 0 Å². The molecule has 0 N–H and O–H groups in total. The summed E-state index contributed by atoms with van der Waals surface area (Å²) < 4.78 is 11.1. The zero-order chi connectivity index (χ0) is 17.9. The second-order valence-corrected chi connectivity index (χ2v) is 7.20. The predicted molar refractivity (Wildman–Crippen MR) is 102 cm³/mol. The van der Waals surface area contributed by atoms with E-state index in [1.807, 2.05) is 36.4 Å². The van der Waals surface area contributed by atoms with E-state index in [1.54, 1.807) is 0 Å². The summed E-state index contributed by atoms with van der Waals surface area (Å²) >= 11 is 6.26. The Hall–Kier alpha value is -1.82. The maximum Gasteiger partial charge on any atom is 0.323 e. The number of halogens is 1. The molecule has 0 spiro atoms. The van der Waals surface area contributed by atoms with Gasteiger partial charge in [0.15, 0.2) is 0 Å². The molecule has 0 aliphatic carbocycles. The quantitative estimate of drug-likeness (QED) is 0.753. The fraction of sp³-hybridized carbons (Fsp3) is 0.450. The first-order valence-electron chi connectivity index (χ1n) is 9.15. The summed E-state index contributed by atoms with van der Waals surface area (Å²) in [5.41, 5.74) is 0. The van der Waals surface area contributed by atoms with Gasteiger partial charge in [0.2, 0.25) is 0 Å². The molecule has 1 atom stereocenters. The molecular formula is C20H23ClN2O3. The first-order chi connectivity index (χ1) is 12.7. The molecule has 2 heterocycles. The van der Waals surface area contributed by atoms with Crippen LogP contribution in [0.25, 0.3) is 10.8 Å². The number of hydrogen-bond donors (Lipinski definition) is 0. The van der Waals surface area contributed by atoms with Crippen LogP contribution in [0, 0.1) is 0 Å². The van der Waals surface area contributed by atoms with Gasteiger partial charge in [-0.1, -0.05) is 35.9 Å². The van der Waals surface area contributed by atoms with Crippen molar-refractivity contribution in [3.8, 4) is 5.75 Å². The molecule has 2 aliphatic rings. The molecule has 0 saturated carbocycles. The number of benzene rings is 2. The molecule has 138 valence electrons. The molecule has 2 aromatic rings. The Balaban J connectivity index is 1.28. The third-order valence-corrected chi connectivity index (χ3v) is 5.58. The summed E-state index contributed by atoms with van der Waals surface area (Å²) in [6, 6.07) is 11.8. The number of hydrogen-bond acceptors (Lipinski definition) is 5. The highest BCUT2D eigenvalue weighted by Gasteiger charge is 2.33. The van der Waals surface area contributed by atoms with Crippen molar-refractivity contribution >= 4 is 28.3 Å². The van der Waals surface area contributed by atoms with Crippen molar-refractivity contribution in [3.63, 3.8) is 0 Å². The number of rotatable bonds is 5. The Labute approximate surface area is 158 Å². The number of nitrogens with zero attached hydrogens (tertiary/aromatic N) is 2. The van der Waals surface area contributed by atoms with Crippen molar-refractivity contribution in [3.05, 3.63) is 41.4 Å². The summed E-state index contributed by atoms with van der Waals surface area (Å²) in [5.74, 6) is 0.814. The van der Waals surface area contributed by atoms with Crippen LogP contribution < -0.4 is 4.74 Å². The lowest BCUT2D eigenvalue weighted by Gasteiger charge is -2.36. The highest BCUT2D eigenvalue weighted by molar-refractivity contribution is 6.35. The molecule has 0 amide bonds. The zero-order valence-corrected chi connectivity index (χ0v) is 15.5. The van der Waals surface area contributed by atoms with E-state index in [4.69, 9.17) is 21.1 Å². The van der Waals surface area contributed by atoms with Gasteiger partial charge in [0.1, 0.15) is 18.4 Å². The third kappa shape index (κ3) is 3.65. The molecule has 0 radical (unpaired) electrons. The van der Waals surface area contributed by atoms with Crippen molar-refractivity contribution in [1.82, 2.24) is 9.80 Å². The Bertz CT molecular complexity index is 790. The summed E-state index contributed by atoms with van der Waals surface area (Å²) in [6.07, 6.45) is 0.825. The molecule has 1 unspecified atom stereocenters. The minimum absolute atomic E-state index is 0.0335. The Morgan fingerprint density at radius 3 is 2.58 bits per heavy atom. The van der Waals surface area contributed by atoms with Gasteiger partial charge in [-0.3, -0.25) is 14.6 Å². The third-order valence-electron chi connectivity index (χ3n) is 5.25. The molecule has 0 aromatic heterocycles. The predicted octanol–water partition coefficient (Wildman–Crippen LogP) is 2.81. The van der Waals surface area contributed by atoms with Crippen LogP contribution in [-0.4, -0.2) is 67.7 Å². The van der Waals surface area contributed by atoms with Crippen molar-refractivity contribution < 1.29 is 14.3 Å². The smallest absolute Gasteiger partial charge is 0.323 e. The first-order valence-corrected chi connectivity index (χ1v) is 9.53. The molecule has 2 aliphatic heterocycles. The lowest BCUT2D eigenvalue weighted by molar-refractivity contribution is -0.142. The molecule has 0 bridgehead atoms. The lowest BCUT2D eigenvalue weighted by Crippen LogP contribution is -2.52. The van der Waals surface area contributed by atoms with E-state index < -0.39 is 0 Å². The van der Waals surface area contributed by atoms with Gasteiger partial charge in [-0.15, -0.1) is 0 Å². The standard InChI is InChI=1S/C20H23ClN2O3/c21-17-5-6-19(16-4-2-1-3-15(16)17)25-14-12-22-8-10-23(11-9-22)18-7-13-26-20(18)24/h1-6,18H,7-14H2. The van der Waals surface area contributed by atoms with Gasteiger partial charge in [-0.2, -0.15) is 0 Å². The number of ether oxygens (including phenoxy) is 2. The molecular weight excluding hydrogens is 352 g/mol. The van der Waals surface area contributed by atoms with Crippen LogP contribution in [0.15, 0.2) is 36.4 Å². The minimum atomic E-state index is -0.0589. The van der Waals surface area contributed by atoms with Crippen molar-refractivity contribution in [1.29, 1.82) is 0 Å². The van der Waals surface area contributed by atoms with E-state index in [2.05, 4.69) is 9.80 Å². The van der Waals surface area contributed by atoms with E-state index in [9.17, 15) is 4.79 Å². The normalized spacial score (nSPS) is 21.9.